The van der Waals surface area contributed by atoms with Crippen LogP contribution in [0.2, 0.25) is 0 Å². The van der Waals surface area contributed by atoms with Crippen LogP contribution in [0.15, 0.2) is 36.4 Å². The van der Waals surface area contributed by atoms with Crippen molar-refractivity contribution in [3.8, 4) is 0 Å². The smallest absolute Gasteiger partial charge is 0.263 e. The number of rotatable bonds is 1. The highest BCUT2D eigenvalue weighted by molar-refractivity contribution is 6.25. The molecule has 4 atom stereocenters. The van der Waals surface area contributed by atoms with Gasteiger partial charge in [-0.25, -0.2) is 4.90 Å². The maximum atomic E-state index is 12.8. The number of amides is 2. The molecule has 0 saturated carbocycles. The van der Waals surface area contributed by atoms with Crippen LogP contribution in [0.5, 0.6) is 0 Å². The van der Waals surface area contributed by atoms with Crippen molar-refractivity contribution in [3.05, 3.63) is 47.5 Å². The Morgan fingerprint density at radius 3 is 2.08 bits per heavy atom. The Kier molecular flexibility index (Phi) is 3.40. The van der Waals surface area contributed by atoms with E-state index in [0.29, 0.717) is 16.5 Å². The maximum Gasteiger partial charge on any atom is 0.263 e. The molecule has 2 aliphatic rings. The number of hydrogen-bond donors (Lipinski definition) is 3. The van der Waals surface area contributed by atoms with Crippen LogP contribution >= 0.6 is 0 Å². The zero-order valence-electron chi connectivity index (χ0n) is 12.5. The average molecular weight is 329 g/mol. The van der Waals surface area contributed by atoms with Crippen molar-refractivity contribution in [3.63, 3.8) is 0 Å². The SMILES string of the molecule is O=C1c2cccc3cccc(c23)C(=O)N1C1OC[C@@H](O)[C@H](O)[C@H]1O. The van der Waals surface area contributed by atoms with Gasteiger partial charge in [-0.1, -0.05) is 24.3 Å². The van der Waals surface area contributed by atoms with E-state index in [0.717, 1.165) is 10.3 Å². The summed E-state index contributed by atoms with van der Waals surface area (Å²) in [5.41, 5.74) is 0.665. The molecule has 0 radical (unpaired) electrons. The third kappa shape index (κ3) is 1.99. The molecule has 2 amide bonds. The molecule has 1 fully saturated rings. The Labute approximate surface area is 136 Å². The lowest BCUT2D eigenvalue weighted by molar-refractivity contribution is -0.212. The topological polar surface area (TPSA) is 107 Å². The third-order valence-corrected chi connectivity index (χ3v) is 4.53. The minimum atomic E-state index is -1.59. The van der Waals surface area contributed by atoms with E-state index in [1.807, 2.05) is 12.1 Å². The lowest BCUT2D eigenvalue weighted by Crippen LogP contribution is -2.62. The molecule has 7 heteroatoms. The molecule has 2 heterocycles. The first-order valence-corrected chi connectivity index (χ1v) is 7.56. The van der Waals surface area contributed by atoms with Crippen molar-refractivity contribution < 1.29 is 29.6 Å². The number of carbonyl (C=O) groups excluding carboxylic acids is 2. The molecule has 24 heavy (non-hydrogen) atoms. The highest BCUT2D eigenvalue weighted by atomic mass is 16.5. The standard InChI is InChI=1S/C17H15NO6/c19-11-7-24-17(14(21)13(11)20)18-15(22)9-5-1-3-8-4-2-6-10(12(8)9)16(18)23/h1-6,11,13-14,17,19-21H,7H2/t11-,13+,14-,17?/m1/s1. The van der Waals surface area contributed by atoms with Crippen molar-refractivity contribution in [2.24, 2.45) is 0 Å². The molecule has 2 aliphatic heterocycles. The van der Waals surface area contributed by atoms with Gasteiger partial charge in [0.1, 0.15) is 18.3 Å². The predicted octanol–water partition coefficient (Wildman–Crippen LogP) is -0.125. The van der Waals surface area contributed by atoms with E-state index >= 15 is 0 Å². The summed E-state index contributed by atoms with van der Waals surface area (Å²) in [6.07, 6.45) is -5.72. The summed E-state index contributed by atoms with van der Waals surface area (Å²) in [6.45, 7) is -0.286. The van der Waals surface area contributed by atoms with Gasteiger partial charge >= 0.3 is 0 Å². The maximum absolute atomic E-state index is 12.8. The molecule has 1 saturated heterocycles. The molecular formula is C17H15NO6. The lowest BCUT2D eigenvalue weighted by atomic mass is 9.93. The quantitative estimate of drug-likeness (QED) is 0.630. The molecule has 124 valence electrons. The second kappa shape index (κ2) is 5.35. The van der Waals surface area contributed by atoms with E-state index < -0.39 is 36.4 Å². The molecule has 4 rings (SSSR count). The van der Waals surface area contributed by atoms with Gasteiger partial charge in [0, 0.05) is 16.5 Å². The fraction of sp³-hybridized carbons (Fsp3) is 0.294. The highest BCUT2D eigenvalue weighted by Crippen LogP contribution is 2.32. The highest BCUT2D eigenvalue weighted by Gasteiger charge is 2.47. The van der Waals surface area contributed by atoms with Crippen LogP contribution in [0.3, 0.4) is 0 Å². The number of aliphatic hydroxyl groups excluding tert-OH is 3. The van der Waals surface area contributed by atoms with E-state index in [1.54, 1.807) is 24.3 Å². The van der Waals surface area contributed by atoms with Crippen LogP contribution < -0.4 is 0 Å². The summed E-state index contributed by atoms with van der Waals surface area (Å²) >= 11 is 0. The van der Waals surface area contributed by atoms with E-state index in [1.165, 1.54) is 0 Å². The molecule has 2 aromatic rings. The lowest BCUT2D eigenvalue weighted by Gasteiger charge is -2.41. The molecule has 7 nitrogen and oxygen atoms in total. The summed E-state index contributed by atoms with van der Waals surface area (Å²) in [7, 11) is 0. The number of ether oxygens (including phenoxy) is 1. The Bertz CT molecular complexity index is 799. The van der Waals surface area contributed by atoms with Crippen molar-refractivity contribution in [2.45, 2.75) is 24.5 Å². The van der Waals surface area contributed by atoms with E-state index in [4.69, 9.17) is 4.74 Å². The largest absolute Gasteiger partial charge is 0.388 e. The van der Waals surface area contributed by atoms with Gasteiger partial charge in [0.05, 0.1) is 6.61 Å². The van der Waals surface area contributed by atoms with Gasteiger partial charge in [-0.05, 0) is 17.5 Å². The summed E-state index contributed by atoms with van der Waals surface area (Å²) < 4.78 is 5.29. The molecule has 2 aromatic carbocycles. The first-order chi connectivity index (χ1) is 11.5. The Balaban J connectivity index is 1.83. The summed E-state index contributed by atoms with van der Waals surface area (Å²) in [4.78, 5) is 26.4. The van der Waals surface area contributed by atoms with Crippen molar-refractivity contribution in [1.29, 1.82) is 0 Å². The van der Waals surface area contributed by atoms with Crippen molar-refractivity contribution >= 4 is 22.6 Å². The van der Waals surface area contributed by atoms with Crippen LogP contribution in [0.4, 0.5) is 0 Å². The summed E-state index contributed by atoms with van der Waals surface area (Å²) in [5, 5.41) is 30.9. The minimum Gasteiger partial charge on any atom is -0.388 e. The van der Waals surface area contributed by atoms with Gasteiger partial charge in [0.25, 0.3) is 11.8 Å². The number of hydrogen-bond acceptors (Lipinski definition) is 6. The van der Waals surface area contributed by atoms with Gasteiger partial charge in [0.15, 0.2) is 6.23 Å². The summed E-state index contributed by atoms with van der Waals surface area (Å²) in [5.74, 6) is -1.20. The van der Waals surface area contributed by atoms with Crippen molar-refractivity contribution in [1.82, 2.24) is 4.90 Å². The van der Waals surface area contributed by atoms with Crippen molar-refractivity contribution in [2.75, 3.05) is 6.61 Å². The monoisotopic (exact) mass is 329 g/mol. The molecular weight excluding hydrogens is 314 g/mol. The normalized spacial score (nSPS) is 30.0. The van der Waals surface area contributed by atoms with Crippen LogP contribution in [0, 0.1) is 0 Å². The molecule has 0 bridgehead atoms. The molecule has 0 aromatic heterocycles. The molecule has 3 N–H and O–H groups in total. The van der Waals surface area contributed by atoms with Crippen LogP contribution in [0.1, 0.15) is 20.7 Å². The second-order valence-corrected chi connectivity index (χ2v) is 5.96. The van der Waals surface area contributed by atoms with Gasteiger partial charge in [0.2, 0.25) is 0 Å². The molecule has 0 spiro atoms. The Hall–Kier alpha value is -2.32. The fourth-order valence-corrected chi connectivity index (χ4v) is 3.30. The van der Waals surface area contributed by atoms with Gasteiger partial charge in [-0.15, -0.1) is 0 Å². The molecule has 0 aliphatic carbocycles. The number of imide groups is 1. The Morgan fingerprint density at radius 1 is 0.917 bits per heavy atom. The number of nitrogens with zero attached hydrogens (tertiary/aromatic N) is 1. The van der Waals surface area contributed by atoms with E-state index in [9.17, 15) is 24.9 Å². The third-order valence-electron chi connectivity index (χ3n) is 4.53. The van der Waals surface area contributed by atoms with Gasteiger partial charge in [-0.3, -0.25) is 9.59 Å². The van der Waals surface area contributed by atoms with E-state index in [-0.39, 0.29) is 6.61 Å². The zero-order chi connectivity index (χ0) is 17.0. The van der Waals surface area contributed by atoms with Gasteiger partial charge < -0.3 is 20.1 Å². The molecule has 1 unspecified atom stereocenters. The number of carbonyl (C=O) groups is 2. The Morgan fingerprint density at radius 2 is 1.50 bits per heavy atom. The fourth-order valence-electron chi connectivity index (χ4n) is 3.30. The number of benzene rings is 2. The zero-order valence-corrected chi connectivity index (χ0v) is 12.5. The van der Waals surface area contributed by atoms with Crippen LogP contribution in [-0.2, 0) is 4.74 Å². The van der Waals surface area contributed by atoms with Crippen LogP contribution in [0.25, 0.3) is 10.8 Å². The van der Waals surface area contributed by atoms with Gasteiger partial charge in [-0.2, -0.15) is 0 Å². The average Bonchev–Trinajstić information content (AvgIpc) is 2.59. The minimum absolute atomic E-state index is 0.286. The first kappa shape index (κ1) is 15.2. The summed E-state index contributed by atoms with van der Waals surface area (Å²) in [6, 6.07) is 10.3. The van der Waals surface area contributed by atoms with Crippen LogP contribution in [-0.4, -0.2) is 63.2 Å². The second-order valence-electron chi connectivity index (χ2n) is 5.96. The van der Waals surface area contributed by atoms with E-state index in [2.05, 4.69) is 0 Å². The first-order valence-electron chi connectivity index (χ1n) is 7.56. The predicted molar refractivity (Wildman–Crippen MR) is 82.2 cm³/mol. The number of aliphatic hydroxyl groups is 3.